The zero-order chi connectivity index (χ0) is 17.1. The van der Waals surface area contributed by atoms with Crippen LogP contribution in [0, 0.1) is 25.2 Å². The van der Waals surface area contributed by atoms with Crippen molar-refractivity contribution in [1.82, 2.24) is 4.57 Å². The van der Waals surface area contributed by atoms with Crippen LogP contribution in [-0.4, -0.2) is 4.57 Å². The van der Waals surface area contributed by atoms with Gasteiger partial charge in [-0.05, 0) is 31.0 Å². The molecule has 0 aliphatic heterocycles. The van der Waals surface area contributed by atoms with Gasteiger partial charge in [0.15, 0.2) is 0 Å². The lowest BCUT2D eigenvalue weighted by atomic mass is 10.1. The molecule has 0 amide bonds. The molecule has 0 spiro atoms. The molecule has 1 aromatic heterocycles. The number of nitrogens with zero attached hydrogens (tertiary/aromatic N) is 2. The van der Waals surface area contributed by atoms with Gasteiger partial charge in [0.25, 0.3) is 0 Å². The van der Waals surface area contributed by atoms with Crippen LogP contribution < -0.4 is 5.73 Å². The first kappa shape index (κ1) is 15.9. The van der Waals surface area contributed by atoms with Crippen molar-refractivity contribution in [2.24, 2.45) is 0 Å². The zero-order valence-electron chi connectivity index (χ0n) is 14.1. The van der Waals surface area contributed by atoms with E-state index >= 15 is 0 Å². The van der Waals surface area contributed by atoms with Gasteiger partial charge in [-0.15, -0.1) is 0 Å². The molecule has 0 aliphatic carbocycles. The van der Waals surface area contributed by atoms with E-state index in [0.29, 0.717) is 17.9 Å². The Morgan fingerprint density at radius 3 is 2.38 bits per heavy atom. The van der Waals surface area contributed by atoms with Crippen LogP contribution in [0.3, 0.4) is 0 Å². The third kappa shape index (κ3) is 3.33. The first-order valence-electron chi connectivity index (χ1n) is 8.06. The highest BCUT2D eigenvalue weighted by Crippen LogP contribution is 2.23. The number of hydrogen-bond donors (Lipinski definition) is 1. The summed E-state index contributed by atoms with van der Waals surface area (Å²) < 4.78 is 2.03. The Morgan fingerprint density at radius 1 is 0.958 bits per heavy atom. The number of nitrogen functional groups attached to an aromatic ring is 1. The van der Waals surface area contributed by atoms with Gasteiger partial charge in [-0.3, -0.25) is 0 Å². The van der Waals surface area contributed by atoms with Crippen molar-refractivity contribution in [2.75, 3.05) is 5.73 Å². The van der Waals surface area contributed by atoms with E-state index in [0.717, 1.165) is 17.7 Å². The minimum absolute atomic E-state index is 0.607. The summed E-state index contributed by atoms with van der Waals surface area (Å²) >= 11 is 0. The van der Waals surface area contributed by atoms with Gasteiger partial charge in [-0.25, -0.2) is 0 Å². The number of benzene rings is 2. The summed E-state index contributed by atoms with van der Waals surface area (Å²) in [6.45, 7) is 4.81. The second kappa shape index (κ2) is 6.64. The van der Waals surface area contributed by atoms with Crippen LogP contribution in [0.4, 0.5) is 5.69 Å². The van der Waals surface area contributed by atoms with Crippen molar-refractivity contribution in [3.8, 4) is 6.07 Å². The van der Waals surface area contributed by atoms with Crippen molar-refractivity contribution >= 4 is 5.69 Å². The van der Waals surface area contributed by atoms with E-state index in [1.54, 1.807) is 6.07 Å². The number of aromatic nitrogens is 1. The fraction of sp³-hybridized carbons (Fsp3) is 0.190. The maximum absolute atomic E-state index is 9.46. The van der Waals surface area contributed by atoms with Crippen LogP contribution in [0.25, 0.3) is 0 Å². The normalized spacial score (nSPS) is 10.5. The molecule has 0 unspecified atom stereocenters. The Hall–Kier alpha value is -2.99. The van der Waals surface area contributed by atoms with E-state index < -0.39 is 0 Å². The van der Waals surface area contributed by atoms with Gasteiger partial charge in [0.05, 0.1) is 5.69 Å². The van der Waals surface area contributed by atoms with Crippen molar-refractivity contribution < 1.29 is 0 Å². The van der Waals surface area contributed by atoms with E-state index in [1.165, 1.54) is 16.7 Å². The van der Waals surface area contributed by atoms with Gasteiger partial charge >= 0.3 is 0 Å². The van der Waals surface area contributed by atoms with Gasteiger partial charge in [0, 0.05) is 18.7 Å². The molecule has 3 nitrogen and oxygen atoms in total. The molecule has 0 fully saturated rings. The van der Waals surface area contributed by atoms with Gasteiger partial charge < -0.3 is 10.3 Å². The molecule has 3 rings (SSSR count). The van der Waals surface area contributed by atoms with Gasteiger partial charge in [-0.2, -0.15) is 5.26 Å². The van der Waals surface area contributed by atoms with Crippen LogP contribution >= 0.6 is 0 Å². The summed E-state index contributed by atoms with van der Waals surface area (Å²) in [7, 11) is 0. The smallest absolute Gasteiger partial charge is 0.122 e. The van der Waals surface area contributed by atoms with Crippen molar-refractivity contribution in [1.29, 1.82) is 5.26 Å². The lowest BCUT2D eigenvalue weighted by Crippen LogP contribution is -2.08. The average molecular weight is 315 g/mol. The molecule has 0 bridgehead atoms. The summed E-state index contributed by atoms with van der Waals surface area (Å²) in [4.78, 5) is 0. The number of aryl methyl sites for hydroxylation is 2. The standard InChI is InChI=1S/C21H21N3/c1-15-6-8-17(9-7-15)14-24-19(13-22)12-20(23)21(24)11-18-5-3-4-16(2)10-18/h3-10,12H,11,14,23H2,1-2H3. The second-order valence-corrected chi connectivity index (χ2v) is 6.28. The summed E-state index contributed by atoms with van der Waals surface area (Å²) in [6, 6.07) is 20.8. The fourth-order valence-corrected chi connectivity index (χ4v) is 2.97. The van der Waals surface area contributed by atoms with Crippen LogP contribution in [0.15, 0.2) is 54.6 Å². The maximum atomic E-state index is 9.46. The van der Waals surface area contributed by atoms with E-state index in [2.05, 4.69) is 68.4 Å². The van der Waals surface area contributed by atoms with E-state index in [1.807, 2.05) is 4.57 Å². The maximum Gasteiger partial charge on any atom is 0.122 e. The third-order valence-corrected chi connectivity index (χ3v) is 4.27. The minimum Gasteiger partial charge on any atom is -0.397 e. The summed E-state index contributed by atoms with van der Waals surface area (Å²) in [5, 5.41) is 9.46. The molecule has 3 aromatic rings. The molecule has 0 aliphatic rings. The Bertz CT molecular complexity index is 896. The quantitative estimate of drug-likeness (QED) is 0.784. The minimum atomic E-state index is 0.607. The Labute approximate surface area is 143 Å². The highest BCUT2D eigenvalue weighted by atomic mass is 15.0. The summed E-state index contributed by atoms with van der Waals surface area (Å²) in [5.74, 6) is 0. The average Bonchev–Trinajstić information content (AvgIpc) is 2.85. The Kier molecular flexibility index (Phi) is 4.39. The highest BCUT2D eigenvalue weighted by Gasteiger charge is 2.14. The topological polar surface area (TPSA) is 54.7 Å². The second-order valence-electron chi connectivity index (χ2n) is 6.28. The largest absolute Gasteiger partial charge is 0.397 e. The SMILES string of the molecule is Cc1ccc(Cn2c(C#N)cc(N)c2Cc2cccc(C)c2)cc1. The molecular formula is C21H21N3. The molecule has 2 aromatic carbocycles. The highest BCUT2D eigenvalue weighted by molar-refractivity contribution is 5.52. The molecule has 0 saturated heterocycles. The zero-order valence-corrected chi connectivity index (χ0v) is 14.1. The van der Waals surface area contributed by atoms with E-state index in [9.17, 15) is 5.26 Å². The number of nitrogens with two attached hydrogens (primary N) is 1. The molecule has 0 atom stereocenters. The van der Waals surface area contributed by atoms with Crippen LogP contribution in [0.5, 0.6) is 0 Å². The van der Waals surface area contributed by atoms with E-state index in [4.69, 9.17) is 5.73 Å². The van der Waals surface area contributed by atoms with Crippen LogP contribution in [0.1, 0.15) is 33.6 Å². The van der Waals surface area contributed by atoms with Gasteiger partial charge in [-0.1, -0.05) is 59.7 Å². The van der Waals surface area contributed by atoms with Crippen LogP contribution in [0.2, 0.25) is 0 Å². The lowest BCUT2D eigenvalue weighted by molar-refractivity contribution is 0.749. The predicted octanol–water partition coefficient (Wildman–Crippen LogP) is 4.20. The summed E-state index contributed by atoms with van der Waals surface area (Å²) in [6.07, 6.45) is 0.723. The first-order valence-corrected chi connectivity index (χ1v) is 8.06. The predicted molar refractivity (Wildman–Crippen MR) is 97.8 cm³/mol. The molecule has 2 N–H and O–H groups in total. The van der Waals surface area contributed by atoms with Gasteiger partial charge in [0.2, 0.25) is 0 Å². The first-order chi connectivity index (χ1) is 11.6. The van der Waals surface area contributed by atoms with Crippen molar-refractivity contribution in [2.45, 2.75) is 26.8 Å². The van der Waals surface area contributed by atoms with E-state index in [-0.39, 0.29) is 0 Å². The number of rotatable bonds is 4. The fourth-order valence-electron chi connectivity index (χ4n) is 2.97. The molecule has 1 heterocycles. The molecule has 120 valence electrons. The lowest BCUT2D eigenvalue weighted by Gasteiger charge is -2.12. The molecule has 3 heteroatoms. The monoisotopic (exact) mass is 315 g/mol. The Balaban J connectivity index is 1.98. The Morgan fingerprint density at radius 2 is 1.71 bits per heavy atom. The third-order valence-electron chi connectivity index (χ3n) is 4.27. The number of nitriles is 1. The number of hydrogen-bond acceptors (Lipinski definition) is 2. The van der Waals surface area contributed by atoms with Gasteiger partial charge in [0.1, 0.15) is 11.8 Å². The van der Waals surface area contributed by atoms with Crippen molar-refractivity contribution in [3.05, 3.63) is 88.2 Å². The van der Waals surface area contributed by atoms with Crippen molar-refractivity contribution in [3.63, 3.8) is 0 Å². The summed E-state index contributed by atoms with van der Waals surface area (Å²) in [5.41, 5.74) is 13.3. The molecule has 0 saturated carbocycles. The molecular weight excluding hydrogens is 294 g/mol. The van der Waals surface area contributed by atoms with Crippen LogP contribution in [-0.2, 0) is 13.0 Å². The molecule has 0 radical (unpaired) electrons. The molecule has 24 heavy (non-hydrogen) atoms. The number of anilines is 1.